The Balaban J connectivity index is 2.02. The molecule has 4 heteroatoms. The van der Waals surface area contributed by atoms with E-state index in [4.69, 9.17) is 0 Å². The lowest BCUT2D eigenvalue weighted by atomic mass is 9.98. The van der Waals surface area contributed by atoms with Gasteiger partial charge in [-0.3, -0.25) is 9.59 Å². The molecular weight excluding hydrogens is 432 g/mol. The average molecular weight is 471 g/mol. The molecule has 0 bridgehead atoms. The van der Waals surface area contributed by atoms with Crippen molar-refractivity contribution >= 4 is 11.8 Å². The standard InChI is InChI=1S/C31H38N2O2/c1-22-11-10-14-26(17-22)21-33(29(34)20-27-18-23(2)15-16-24(27)3)28(30(35)32-31(4,5)6)19-25-12-8-7-9-13-25/h7-18,28H,19-21H2,1-6H3,(H,32,35)/t28-/m1/s1. The molecule has 0 saturated heterocycles. The van der Waals surface area contributed by atoms with E-state index in [1.165, 1.54) is 0 Å². The van der Waals surface area contributed by atoms with Gasteiger partial charge in [0.1, 0.15) is 6.04 Å². The summed E-state index contributed by atoms with van der Waals surface area (Å²) in [5, 5.41) is 3.12. The lowest BCUT2D eigenvalue weighted by Crippen LogP contribution is -2.54. The van der Waals surface area contributed by atoms with Crippen molar-refractivity contribution in [2.75, 3.05) is 0 Å². The van der Waals surface area contributed by atoms with Crippen LogP contribution in [0.15, 0.2) is 72.8 Å². The molecule has 184 valence electrons. The highest BCUT2D eigenvalue weighted by atomic mass is 16.2. The predicted molar refractivity (Wildman–Crippen MR) is 143 cm³/mol. The Morgan fingerprint density at radius 2 is 1.49 bits per heavy atom. The van der Waals surface area contributed by atoms with E-state index >= 15 is 0 Å². The summed E-state index contributed by atoms with van der Waals surface area (Å²) >= 11 is 0. The third-order valence-corrected chi connectivity index (χ3v) is 6.05. The molecule has 0 fully saturated rings. The van der Waals surface area contributed by atoms with Crippen LogP contribution in [0.4, 0.5) is 0 Å². The fraction of sp³-hybridized carbons (Fsp3) is 0.355. The van der Waals surface area contributed by atoms with E-state index in [1.54, 1.807) is 4.90 Å². The number of amides is 2. The zero-order valence-electron chi connectivity index (χ0n) is 21.9. The molecule has 0 radical (unpaired) electrons. The maximum atomic E-state index is 13.9. The van der Waals surface area contributed by atoms with E-state index in [-0.39, 0.29) is 18.2 Å². The lowest BCUT2D eigenvalue weighted by Gasteiger charge is -2.34. The Labute approximate surface area is 210 Å². The van der Waals surface area contributed by atoms with Gasteiger partial charge in [-0.05, 0) is 63.8 Å². The van der Waals surface area contributed by atoms with Gasteiger partial charge in [0.15, 0.2) is 0 Å². The molecular formula is C31H38N2O2. The number of carbonyl (C=O) groups is 2. The third-order valence-electron chi connectivity index (χ3n) is 6.05. The van der Waals surface area contributed by atoms with Gasteiger partial charge in [0, 0.05) is 18.5 Å². The average Bonchev–Trinajstić information content (AvgIpc) is 2.78. The van der Waals surface area contributed by atoms with Crippen molar-refractivity contribution in [1.29, 1.82) is 0 Å². The number of benzene rings is 3. The molecule has 4 nitrogen and oxygen atoms in total. The minimum Gasteiger partial charge on any atom is -0.350 e. The van der Waals surface area contributed by atoms with Crippen LogP contribution in [-0.4, -0.2) is 28.3 Å². The molecule has 1 N–H and O–H groups in total. The first-order valence-corrected chi connectivity index (χ1v) is 12.3. The SMILES string of the molecule is Cc1cccc(CN(C(=O)Cc2cc(C)ccc2C)[C@H](Cc2ccccc2)C(=O)NC(C)(C)C)c1. The molecule has 35 heavy (non-hydrogen) atoms. The van der Waals surface area contributed by atoms with Gasteiger partial charge in [-0.15, -0.1) is 0 Å². The van der Waals surface area contributed by atoms with Crippen LogP contribution in [0.3, 0.4) is 0 Å². The number of aryl methyl sites for hydroxylation is 3. The van der Waals surface area contributed by atoms with Crippen molar-refractivity contribution < 1.29 is 9.59 Å². The van der Waals surface area contributed by atoms with Gasteiger partial charge in [0.2, 0.25) is 11.8 Å². The normalized spacial score (nSPS) is 12.2. The number of nitrogens with zero attached hydrogens (tertiary/aromatic N) is 1. The van der Waals surface area contributed by atoms with Gasteiger partial charge in [-0.1, -0.05) is 83.9 Å². The van der Waals surface area contributed by atoms with Crippen LogP contribution in [0.25, 0.3) is 0 Å². The van der Waals surface area contributed by atoms with Crippen LogP contribution in [0.2, 0.25) is 0 Å². The molecule has 3 rings (SSSR count). The van der Waals surface area contributed by atoms with Crippen molar-refractivity contribution in [3.05, 3.63) is 106 Å². The first-order valence-electron chi connectivity index (χ1n) is 12.3. The van der Waals surface area contributed by atoms with Gasteiger partial charge in [0.25, 0.3) is 0 Å². The molecule has 0 spiro atoms. The van der Waals surface area contributed by atoms with Crippen molar-refractivity contribution in [1.82, 2.24) is 10.2 Å². The largest absolute Gasteiger partial charge is 0.350 e. The topological polar surface area (TPSA) is 49.4 Å². The molecule has 0 aliphatic carbocycles. The molecule has 0 aliphatic heterocycles. The minimum absolute atomic E-state index is 0.0507. The summed E-state index contributed by atoms with van der Waals surface area (Å²) in [6.45, 7) is 12.4. The highest BCUT2D eigenvalue weighted by Gasteiger charge is 2.32. The highest BCUT2D eigenvalue weighted by Crippen LogP contribution is 2.19. The molecule has 1 atom stereocenters. The second-order valence-electron chi connectivity index (χ2n) is 10.6. The monoisotopic (exact) mass is 470 g/mol. The molecule has 3 aromatic rings. The second kappa shape index (κ2) is 11.4. The second-order valence-corrected chi connectivity index (χ2v) is 10.6. The van der Waals surface area contributed by atoms with Crippen LogP contribution in [0.5, 0.6) is 0 Å². The smallest absolute Gasteiger partial charge is 0.243 e. The van der Waals surface area contributed by atoms with E-state index in [1.807, 2.05) is 90.1 Å². The van der Waals surface area contributed by atoms with E-state index in [0.717, 1.165) is 33.4 Å². The van der Waals surface area contributed by atoms with E-state index in [2.05, 4.69) is 29.6 Å². The fourth-order valence-electron chi connectivity index (χ4n) is 4.27. The first-order chi connectivity index (χ1) is 16.5. The number of hydrogen-bond donors (Lipinski definition) is 1. The minimum atomic E-state index is -0.630. The zero-order valence-corrected chi connectivity index (χ0v) is 21.9. The van der Waals surface area contributed by atoms with Crippen molar-refractivity contribution in [2.24, 2.45) is 0 Å². The summed E-state index contributed by atoms with van der Waals surface area (Å²) in [6.07, 6.45) is 0.709. The van der Waals surface area contributed by atoms with Crippen LogP contribution < -0.4 is 5.32 Å². The van der Waals surface area contributed by atoms with Gasteiger partial charge in [-0.2, -0.15) is 0 Å². The van der Waals surface area contributed by atoms with Gasteiger partial charge >= 0.3 is 0 Å². The Morgan fingerprint density at radius 3 is 2.14 bits per heavy atom. The summed E-state index contributed by atoms with van der Waals surface area (Å²) in [5.41, 5.74) is 5.96. The first kappa shape index (κ1) is 26.2. The van der Waals surface area contributed by atoms with Crippen molar-refractivity contribution in [2.45, 2.75) is 72.5 Å². The summed E-state index contributed by atoms with van der Waals surface area (Å²) in [6, 6.07) is 23.6. The maximum Gasteiger partial charge on any atom is 0.243 e. The lowest BCUT2D eigenvalue weighted by molar-refractivity contribution is -0.141. The fourth-order valence-corrected chi connectivity index (χ4v) is 4.27. The molecule has 3 aromatic carbocycles. The Bertz CT molecular complexity index is 1160. The highest BCUT2D eigenvalue weighted by molar-refractivity contribution is 5.89. The molecule has 0 saturated carbocycles. The Kier molecular flexibility index (Phi) is 8.50. The number of carbonyl (C=O) groups excluding carboxylic acids is 2. The quantitative estimate of drug-likeness (QED) is 0.458. The van der Waals surface area contributed by atoms with Crippen molar-refractivity contribution in [3.8, 4) is 0 Å². The van der Waals surface area contributed by atoms with Crippen LogP contribution in [0.1, 0.15) is 54.2 Å². The summed E-state index contributed by atoms with van der Waals surface area (Å²) in [5.74, 6) is -0.187. The van der Waals surface area contributed by atoms with E-state index in [0.29, 0.717) is 13.0 Å². The molecule has 2 amide bonds. The van der Waals surface area contributed by atoms with Crippen LogP contribution >= 0.6 is 0 Å². The molecule has 0 aromatic heterocycles. The van der Waals surface area contributed by atoms with Crippen molar-refractivity contribution in [3.63, 3.8) is 0 Å². The molecule has 0 aliphatic rings. The number of rotatable bonds is 8. The Morgan fingerprint density at radius 1 is 0.829 bits per heavy atom. The zero-order chi connectivity index (χ0) is 25.6. The summed E-state index contributed by atoms with van der Waals surface area (Å²) in [7, 11) is 0. The van der Waals surface area contributed by atoms with Crippen LogP contribution in [0, 0.1) is 20.8 Å². The van der Waals surface area contributed by atoms with Gasteiger partial charge in [-0.25, -0.2) is 0 Å². The summed E-state index contributed by atoms with van der Waals surface area (Å²) in [4.78, 5) is 29.3. The predicted octanol–water partition coefficient (Wildman–Crippen LogP) is 5.71. The van der Waals surface area contributed by atoms with Crippen LogP contribution in [-0.2, 0) is 29.0 Å². The van der Waals surface area contributed by atoms with E-state index in [9.17, 15) is 9.59 Å². The molecule has 0 heterocycles. The maximum absolute atomic E-state index is 13.9. The van der Waals surface area contributed by atoms with E-state index < -0.39 is 11.6 Å². The summed E-state index contributed by atoms with van der Waals surface area (Å²) < 4.78 is 0. The number of hydrogen-bond acceptors (Lipinski definition) is 2. The Hall–Kier alpha value is -3.40. The molecule has 0 unspecified atom stereocenters. The van der Waals surface area contributed by atoms with Gasteiger partial charge < -0.3 is 10.2 Å². The number of nitrogens with one attached hydrogen (secondary N) is 1. The third kappa shape index (κ3) is 7.81. The van der Waals surface area contributed by atoms with Gasteiger partial charge in [0.05, 0.1) is 6.42 Å².